The summed E-state index contributed by atoms with van der Waals surface area (Å²) in [5.41, 5.74) is 4.32. The first-order valence-corrected chi connectivity index (χ1v) is 9.09. The number of aryl methyl sites for hydroxylation is 1. The lowest BCUT2D eigenvalue weighted by atomic mass is 10.1. The Balaban J connectivity index is 2.03. The molecule has 0 aliphatic heterocycles. The third-order valence-electron chi connectivity index (χ3n) is 4.04. The van der Waals surface area contributed by atoms with Gasteiger partial charge < -0.3 is 15.5 Å². The van der Waals surface area contributed by atoms with Crippen molar-refractivity contribution in [3.8, 4) is 0 Å². The van der Waals surface area contributed by atoms with Crippen LogP contribution in [0.5, 0.6) is 0 Å². The normalized spacial score (nSPS) is 10.5. The Morgan fingerprint density at radius 3 is 2.42 bits per heavy atom. The van der Waals surface area contributed by atoms with E-state index in [0.29, 0.717) is 5.82 Å². The molecule has 0 radical (unpaired) electrons. The highest BCUT2D eigenvalue weighted by Gasteiger charge is 2.07. The zero-order valence-electron chi connectivity index (χ0n) is 16.3. The summed E-state index contributed by atoms with van der Waals surface area (Å²) < 4.78 is 0. The van der Waals surface area contributed by atoms with Gasteiger partial charge in [0.25, 0.3) is 0 Å². The van der Waals surface area contributed by atoms with Gasteiger partial charge in [0.05, 0.1) is 11.9 Å². The Bertz CT molecular complexity index is 723. The molecule has 0 aliphatic rings. The maximum absolute atomic E-state index is 11.7. The summed E-state index contributed by atoms with van der Waals surface area (Å²) >= 11 is 0. The summed E-state index contributed by atoms with van der Waals surface area (Å²) in [5, 5.41) is 8.86. The van der Waals surface area contributed by atoms with Crippen molar-refractivity contribution in [3.05, 3.63) is 42.1 Å². The van der Waals surface area contributed by atoms with Gasteiger partial charge >= 0.3 is 6.03 Å². The molecule has 1 aromatic heterocycles. The van der Waals surface area contributed by atoms with Gasteiger partial charge in [-0.15, -0.1) is 0 Å². The Kier molecular flexibility index (Phi) is 6.83. The summed E-state index contributed by atoms with van der Waals surface area (Å²) in [6.45, 7) is 12.2. The number of hydrogen-bond acceptors (Lipinski definition) is 4. The third kappa shape index (κ3) is 5.37. The van der Waals surface area contributed by atoms with Crippen LogP contribution in [0.2, 0.25) is 0 Å². The molecular formula is C20H29N5O. The van der Waals surface area contributed by atoms with E-state index in [1.165, 1.54) is 11.3 Å². The van der Waals surface area contributed by atoms with Crippen LogP contribution in [0.25, 0.3) is 0 Å². The molecule has 0 unspecified atom stereocenters. The van der Waals surface area contributed by atoms with Crippen molar-refractivity contribution in [2.75, 3.05) is 28.6 Å². The van der Waals surface area contributed by atoms with E-state index >= 15 is 0 Å². The average molecular weight is 355 g/mol. The smallest absolute Gasteiger partial charge is 0.320 e. The second-order valence-electron chi connectivity index (χ2n) is 6.48. The minimum absolute atomic E-state index is 0.0817. The van der Waals surface area contributed by atoms with Crippen LogP contribution in [0.4, 0.5) is 27.7 Å². The van der Waals surface area contributed by atoms with Gasteiger partial charge in [0.1, 0.15) is 5.82 Å². The van der Waals surface area contributed by atoms with E-state index in [1.54, 1.807) is 12.3 Å². The number of nitrogens with one attached hydrogen (secondary N) is 3. The standard InChI is InChI=1S/C20H29N5O/c1-6-25(7-2)17-9-10-18(15(5)12-17)23-16-8-11-19(21-13-16)24-20(26)22-14(3)4/h8-14,23H,6-7H2,1-5H3,(H2,21,22,24,26). The van der Waals surface area contributed by atoms with Crippen molar-refractivity contribution in [3.63, 3.8) is 0 Å². The molecule has 3 N–H and O–H groups in total. The second-order valence-corrected chi connectivity index (χ2v) is 6.48. The summed E-state index contributed by atoms with van der Waals surface area (Å²) in [7, 11) is 0. The zero-order valence-corrected chi connectivity index (χ0v) is 16.3. The number of aromatic nitrogens is 1. The maximum Gasteiger partial charge on any atom is 0.320 e. The van der Waals surface area contributed by atoms with Crippen LogP contribution < -0.4 is 20.9 Å². The number of anilines is 4. The van der Waals surface area contributed by atoms with Crippen LogP contribution in [-0.2, 0) is 0 Å². The molecule has 0 saturated carbocycles. The number of urea groups is 1. The molecule has 6 heteroatoms. The Morgan fingerprint density at radius 1 is 1.15 bits per heavy atom. The van der Waals surface area contributed by atoms with E-state index in [4.69, 9.17) is 0 Å². The van der Waals surface area contributed by atoms with Crippen LogP contribution in [0.3, 0.4) is 0 Å². The summed E-state index contributed by atoms with van der Waals surface area (Å²) in [6, 6.07) is 9.91. The molecule has 0 aliphatic carbocycles. The first kappa shape index (κ1) is 19.6. The predicted molar refractivity (Wildman–Crippen MR) is 110 cm³/mol. The van der Waals surface area contributed by atoms with Crippen molar-refractivity contribution in [1.82, 2.24) is 10.3 Å². The molecule has 26 heavy (non-hydrogen) atoms. The Hall–Kier alpha value is -2.76. The molecule has 0 atom stereocenters. The fourth-order valence-electron chi connectivity index (χ4n) is 2.69. The van der Waals surface area contributed by atoms with Crippen molar-refractivity contribution in [2.45, 2.75) is 40.7 Å². The average Bonchev–Trinajstić information content (AvgIpc) is 2.59. The van der Waals surface area contributed by atoms with Gasteiger partial charge in [0, 0.05) is 30.5 Å². The lowest BCUT2D eigenvalue weighted by molar-refractivity contribution is 0.250. The fraction of sp³-hybridized carbons (Fsp3) is 0.400. The summed E-state index contributed by atoms with van der Waals surface area (Å²) in [4.78, 5) is 18.3. The SMILES string of the molecule is CCN(CC)c1ccc(Nc2ccc(NC(=O)NC(C)C)nc2)c(C)c1. The van der Waals surface area contributed by atoms with E-state index in [-0.39, 0.29) is 12.1 Å². The number of hydrogen-bond donors (Lipinski definition) is 3. The van der Waals surface area contributed by atoms with Crippen LogP contribution in [0, 0.1) is 6.92 Å². The molecule has 2 rings (SSSR count). The Labute approximate surface area is 156 Å². The molecule has 6 nitrogen and oxygen atoms in total. The first-order valence-electron chi connectivity index (χ1n) is 9.09. The van der Waals surface area contributed by atoms with Gasteiger partial charge in [-0.05, 0) is 70.5 Å². The van der Waals surface area contributed by atoms with Gasteiger partial charge in [0.2, 0.25) is 0 Å². The second kappa shape index (κ2) is 9.08. The molecule has 0 bridgehead atoms. The van der Waals surface area contributed by atoms with E-state index < -0.39 is 0 Å². The van der Waals surface area contributed by atoms with Crippen LogP contribution in [0.15, 0.2) is 36.5 Å². The predicted octanol–water partition coefficient (Wildman–Crippen LogP) is 4.51. The molecule has 1 aromatic carbocycles. The molecule has 1 heterocycles. The maximum atomic E-state index is 11.7. The summed E-state index contributed by atoms with van der Waals surface area (Å²) in [5.74, 6) is 0.516. The number of carbonyl (C=O) groups is 1. The van der Waals surface area contributed by atoms with Gasteiger partial charge in [-0.25, -0.2) is 9.78 Å². The van der Waals surface area contributed by atoms with Gasteiger partial charge in [-0.3, -0.25) is 5.32 Å². The topological polar surface area (TPSA) is 69.3 Å². The van der Waals surface area contributed by atoms with Gasteiger partial charge in [-0.2, -0.15) is 0 Å². The molecular weight excluding hydrogens is 326 g/mol. The van der Waals surface area contributed by atoms with Crippen LogP contribution >= 0.6 is 0 Å². The minimum atomic E-state index is -0.254. The number of benzene rings is 1. The van der Waals surface area contributed by atoms with Crippen molar-refractivity contribution >= 4 is 28.9 Å². The van der Waals surface area contributed by atoms with Crippen molar-refractivity contribution in [2.24, 2.45) is 0 Å². The molecule has 2 aromatic rings. The van der Waals surface area contributed by atoms with E-state index in [0.717, 1.165) is 24.5 Å². The number of nitrogens with zero attached hydrogens (tertiary/aromatic N) is 2. The number of carbonyl (C=O) groups excluding carboxylic acids is 1. The third-order valence-corrected chi connectivity index (χ3v) is 4.04. The van der Waals surface area contributed by atoms with Crippen LogP contribution in [-0.4, -0.2) is 30.1 Å². The van der Waals surface area contributed by atoms with E-state index in [1.807, 2.05) is 19.9 Å². The quantitative estimate of drug-likeness (QED) is 0.683. The number of amides is 2. The highest BCUT2D eigenvalue weighted by atomic mass is 16.2. The van der Waals surface area contributed by atoms with Crippen molar-refractivity contribution < 1.29 is 4.79 Å². The lowest BCUT2D eigenvalue weighted by Crippen LogP contribution is -2.34. The Morgan fingerprint density at radius 2 is 1.88 bits per heavy atom. The van der Waals surface area contributed by atoms with Gasteiger partial charge in [0.15, 0.2) is 0 Å². The lowest BCUT2D eigenvalue weighted by Gasteiger charge is -2.22. The number of pyridine rings is 1. The molecule has 0 spiro atoms. The molecule has 0 fully saturated rings. The fourth-order valence-corrected chi connectivity index (χ4v) is 2.69. The highest BCUT2D eigenvalue weighted by Crippen LogP contribution is 2.25. The number of rotatable bonds is 7. The van der Waals surface area contributed by atoms with E-state index in [2.05, 4.69) is 64.8 Å². The minimum Gasteiger partial charge on any atom is -0.372 e. The van der Waals surface area contributed by atoms with Gasteiger partial charge in [-0.1, -0.05) is 0 Å². The molecule has 140 valence electrons. The van der Waals surface area contributed by atoms with Crippen molar-refractivity contribution in [1.29, 1.82) is 0 Å². The van der Waals surface area contributed by atoms with E-state index in [9.17, 15) is 4.79 Å². The monoisotopic (exact) mass is 355 g/mol. The largest absolute Gasteiger partial charge is 0.372 e. The highest BCUT2D eigenvalue weighted by molar-refractivity contribution is 5.88. The first-order chi connectivity index (χ1) is 12.4. The zero-order chi connectivity index (χ0) is 19.1. The van der Waals surface area contributed by atoms with Crippen LogP contribution in [0.1, 0.15) is 33.3 Å². The molecule has 2 amide bonds. The molecule has 0 saturated heterocycles. The summed E-state index contributed by atoms with van der Waals surface area (Å²) in [6.07, 6.45) is 1.71.